The van der Waals surface area contributed by atoms with Crippen molar-refractivity contribution < 1.29 is 38.9 Å². The number of carbonyl (C=O) groups excluding carboxylic acids is 2. The zero-order valence-corrected chi connectivity index (χ0v) is 13.2. The topological polar surface area (TPSA) is 127 Å². The largest absolute Gasteiger partial charge is 0.481 e. The molecule has 134 valence electrons. The lowest BCUT2D eigenvalue weighted by molar-refractivity contribution is -0.176. The summed E-state index contributed by atoms with van der Waals surface area (Å²) in [6.07, 6.45) is -2.90. The van der Waals surface area contributed by atoms with Crippen molar-refractivity contribution >= 4 is 24.9 Å². The number of rotatable bonds is 8. The fraction of sp³-hybridized carbons (Fsp3) is 0.412. The molecule has 2 N–H and O–H groups in total. The molecule has 1 aromatic rings. The molecule has 25 heavy (non-hydrogen) atoms. The average molecular weight is 350 g/mol. The van der Waals surface area contributed by atoms with E-state index in [1.54, 1.807) is 30.3 Å². The van der Waals surface area contributed by atoms with Crippen molar-refractivity contribution in [3.05, 3.63) is 35.9 Å². The Morgan fingerprint density at radius 1 is 1.08 bits per heavy atom. The molecule has 0 amide bonds. The van der Waals surface area contributed by atoms with Crippen molar-refractivity contribution in [1.82, 2.24) is 0 Å². The number of carboxylic acid groups (broad SMARTS) is 2. The molecule has 1 saturated carbocycles. The Hall–Kier alpha value is -2.90. The molecule has 0 aliphatic heterocycles. The van der Waals surface area contributed by atoms with Crippen molar-refractivity contribution in [2.45, 2.75) is 37.4 Å². The molecule has 0 radical (unpaired) electrons. The van der Waals surface area contributed by atoms with E-state index in [1.807, 2.05) is 0 Å². The van der Waals surface area contributed by atoms with Gasteiger partial charge in [0.15, 0.2) is 0 Å². The van der Waals surface area contributed by atoms with Gasteiger partial charge in [-0.05, 0) is 12.0 Å². The van der Waals surface area contributed by atoms with Gasteiger partial charge in [0.25, 0.3) is 12.9 Å². The molecular formula is C17H18O8. The van der Waals surface area contributed by atoms with Gasteiger partial charge >= 0.3 is 11.9 Å². The fourth-order valence-electron chi connectivity index (χ4n) is 3.52. The van der Waals surface area contributed by atoms with Crippen molar-refractivity contribution in [1.29, 1.82) is 0 Å². The molecule has 1 aromatic carbocycles. The number of aliphatic carboxylic acids is 2. The van der Waals surface area contributed by atoms with Crippen LogP contribution < -0.4 is 0 Å². The van der Waals surface area contributed by atoms with Crippen LogP contribution in [0.4, 0.5) is 0 Å². The first-order valence-corrected chi connectivity index (χ1v) is 7.62. The van der Waals surface area contributed by atoms with Crippen LogP contribution in [0.1, 0.15) is 30.7 Å². The second-order valence-electron chi connectivity index (χ2n) is 6.05. The Kier molecular flexibility index (Phi) is 5.74. The molecule has 4 unspecified atom stereocenters. The summed E-state index contributed by atoms with van der Waals surface area (Å²) in [6.45, 7) is 0.360. The van der Waals surface area contributed by atoms with Gasteiger partial charge < -0.3 is 19.7 Å². The van der Waals surface area contributed by atoms with Crippen molar-refractivity contribution in [3.63, 3.8) is 0 Å². The van der Waals surface area contributed by atoms with Crippen molar-refractivity contribution in [3.8, 4) is 0 Å². The molecule has 0 aromatic heterocycles. The highest BCUT2D eigenvalue weighted by molar-refractivity contribution is 5.82. The maximum absolute atomic E-state index is 11.9. The smallest absolute Gasteiger partial charge is 0.310 e. The van der Waals surface area contributed by atoms with Gasteiger partial charge in [-0.15, -0.1) is 0 Å². The second-order valence-corrected chi connectivity index (χ2v) is 6.05. The van der Waals surface area contributed by atoms with Crippen LogP contribution in [0.25, 0.3) is 0 Å². The Balaban J connectivity index is 2.50. The van der Waals surface area contributed by atoms with E-state index >= 15 is 0 Å². The number of hydrogen-bond acceptors (Lipinski definition) is 6. The summed E-state index contributed by atoms with van der Waals surface area (Å²) in [5.74, 6) is -3.19. The summed E-state index contributed by atoms with van der Waals surface area (Å²) in [7, 11) is 0. The number of carbonyl (C=O) groups is 4. The maximum Gasteiger partial charge on any atom is 0.310 e. The third kappa shape index (κ3) is 3.96. The van der Waals surface area contributed by atoms with Gasteiger partial charge in [-0.25, -0.2) is 0 Å². The first kappa shape index (κ1) is 18.4. The molecule has 1 fully saturated rings. The first-order valence-electron chi connectivity index (χ1n) is 7.62. The maximum atomic E-state index is 11.9. The highest BCUT2D eigenvalue weighted by Gasteiger charge is 2.54. The summed E-state index contributed by atoms with van der Waals surface area (Å²) in [5, 5.41) is 18.8. The van der Waals surface area contributed by atoms with E-state index in [0.717, 1.165) is 0 Å². The minimum absolute atomic E-state index is 0.0597. The summed E-state index contributed by atoms with van der Waals surface area (Å²) in [4.78, 5) is 44.9. The normalized spacial score (nSPS) is 28.6. The SMILES string of the molecule is O=COC1CC(CC(=O)O)(C(=O)O)CC(c2ccccc2)C1OC=O. The Morgan fingerprint density at radius 3 is 2.24 bits per heavy atom. The van der Waals surface area contributed by atoms with Crippen LogP contribution >= 0.6 is 0 Å². The summed E-state index contributed by atoms with van der Waals surface area (Å²) < 4.78 is 10.1. The van der Waals surface area contributed by atoms with Crippen molar-refractivity contribution in [2.24, 2.45) is 5.41 Å². The van der Waals surface area contributed by atoms with Gasteiger partial charge in [0.1, 0.15) is 12.2 Å². The number of benzene rings is 1. The lowest BCUT2D eigenvalue weighted by atomic mass is 9.64. The predicted octanol–water partition coefficient (Wildman–Crippen LogP) is 1.19. The van der Waals surface area contributed by atoms with Gasteiger partial charge in [-0.3, -0.25) is 19.2 Å². The molecule has 4 atom stereocenters. The number of ether oxygens (including phenoxy) is 2. The molecular weight excluding hydrogens is 332 g/mol. The van der Waals surface area contributed by atoms with Gasteiger partial charge in [0.2, 0.25) is 0 Å². The summed E-state index contributed by atoms with van der Waals surface area (Å²) in [5.41, 5.74) is -0.965. The first-order chi connectivity index (χ1) is 11.9. The molecule has 1 aliphatic carbocycles. The van der Waals surface area contributed by atoms with Crippen LogP contribution in [0.3, 0.4) is 0 Å². The predicted molar refractivity (Wildman–Crippen MR) is 82.6 cm³/mol. The highest BCUT2D eigenvalue weighted by atomic mass is 16.6. The Labute approximate surface area is 143 Å². The average Bonchev–Trinajstić information content (AvgIpc) is 2.57. The molecule has 0 bridgehead atoms. The van der Waals surface area contributed by atoms with E-state index in [1.165, 1.54) is 0 Å². The number of hydrogen-bond donors (Lipinski definition) is 2. The van der Waals surface area contributed by atoms with Gasteiger partial charge in [0.05, 0.1) is 11.8 Å². The van der Waals surface area contributed by atoms with Crippen LogP contribution in [0.5, 0.6) is 0 Å². The molecule has 8 heteroatoms. The second kappa shape index (κ2) is 7.78. The standard InChI is InChI=1S/C17H18O8/c18-9-24-13-7-17(16(22)23,8-14(20)21)6-12(15(13)25-10-19)11-4-2-1-3-5-11/h1-5,9-10,12-13,15H,6-8H2,(H,20,21)(H,22,23). The lowest BCUT2D eigenvalue weighted by Gasteiger charge is -2.44. The highest BCUT2D eigenvalue weighted by Crippen LogP contribution is 2.48. The van der Waals surface area contributed by atoms with Crippen LogP contribution in [0, 0.1) is 5.41 Å². The zero-order valence-electron chi connectivity index (χ0n) is 13.2. The third-order valence-corrected chi connectivity index (χ3v) is 4.58. The molecule has 1 aliphatic rings. The Bertz CT molecular complexity index is 643. The van der Waals surface area contributed by atoms with E-state index in [4.69, 9.17) is 14.6 Å². The Morgan fingerprint density at radius 2 is 1.72 bits per heavy atom. The van der Waals surface area contributed by atoms with Gasteiger partial charge in [-0.1, -0.05) is 30.3 Å². The molecule has 8 nitrogen and oxygen atoms in total. The van der Waals surface area contributed by atoms with E-state index < -0.39 is 41.9 Å². The molecule has 0 spiro atoms. The van der Waals surface area contributed by atoms with Crippen LogP contribution in [0.15, 0.2) is 30.3 Å². The minimum atomic E-state index is -1.64. The van der Waals surface area contributed by atoms with Gasteiger partial charge in [-0.2, -0.15) is 0 Å². The number of carboxylic acids is 2. The van der Waals surface area contributed by atoms with Crippen LogP contribution in [0.2, 0.25) is 0 Å². The molecule has 2 rings (SSSR count). The van der Waals surface area contributed by atoms with Crippen LogP contribution in [-0.4, -0.2) is 47.3 Å². The zero-order chi connectivity index (χ0) is 18.4. The monoisotopic (exact) mass is 350 g/mol. The lowest BCUT2D eigenvalue weighted by Crippen LogP contribution is -2.51. The molecule has 0 saturated heterocycles. The summed E-state index contributed by atoms with van der Waals surface area (Å²) >= 11 is 0. The van der Waals surface area contributed by atoms with Gasteiger partial charge in [0, 0.05) is 12.3 Å². The van der Waals surface area contributed by atoms with Crippen molar-refractivity contribution in [2.75, 3.05) is 0 Å². The minimum Gasteiger partial charge on any atom is -0.481 e. The van der Waals surface area contributed by atoms with E-state index in [-0.39, 0.29) is 25.8 Å². The van der Waals surface area contributed by atoms with Crippen LogP contribution in [-0.2, 0) is 28.7 Å². The molecule has 0 heterocycles. The van der Waals surface area contributed by atoms with E-state index in [2.05, 4.69) is 0 Å². The fourth-order valence-corrected chi connectivity index (χ4v) is 3.52. The van der Waals surface area contributed by atoms with E-state index in [0.29, 0.717) is 5.56 Å². The van der Waals surface area contributed by atoms with E-state index in [9.17, 15) is 24.3 Å². The quantitative estimate of drug-likeness (QED) is 0.669. The summed E-state index contributed by atoms with van der Waals surface area (Å²) in [6, 6.07) is 8.68. The third-order valence-electron chi connectivity index (χ3n) is 4.58.